The van der Waals surface area contributed by atoms with Gasteiger partial charge in [0.1, 0.15) is 5.15 Å². The predicted octanol–water partition coefficient (Wildman–Crippen LogP) is 4.32. The molecular formula is C17H15ClF3NO4. The molecule has 0 atom stereocenters. The summed E-state index contributed by atoms with van der Waals surface area (Å²) < 4.78 is 55.6. The highest BCUT2D eigenvalue weighted by molar-refractivity contribution is 6.34. The average molecular weight is 390 g/mol. The van der Waals surface area contributed by atoms with Crippen LogP contribution in [0.25, 0.3) is 0 Å². The molecular weight excluding hydrogens is 375 g/mol. The van der Waals surface area contributed by atoms with Crippen LogP contribution in [0.4, 0.5) is 13.2 Å². The Hall–Kier alpha value is -2.48. The van der Waals surface area contributed by atoms with Crippen LogP contribution >= 0.6 is 11.6 Å². The van der Waals surface area contributed by atoms with Gasteiger partial charge in [-0.1, -0.05) is 11.6 Å². The molecule has 140 valence electrons. The van der Waals surface area contributed by atoms with E-state index >= 15 is 0 Å². The van der Waals surface area contributed by atoms with Crippen molar-refractivity contribution >= 4 is 17.4 Å². The first-order chi connectivity index (χ1) is 12.2. The largest absolute Gasteiger partial charge is 0.493 e. The van der Waals surface area contributed by atoms with Crippen molar-refractivity contribution in [1.29, 1.82) is 0 Å². The minimum Gasteiger partial charge on any atom is -0.493 e. The molecule has 1 heterocycles. The third kappa shape index (κ3) is 3.41. The molecule has 0 spiro atoms. The van der Waals surface area contributed by atoms with Crippen LogP contribution in [0.2, 0.25) is 5.15 Å². The van der Waals surface area contributed by atoms with Crippen LogP contribution in [0, 0.1) is 6.92 Å². The first-order valence-corrected chi connectivity index (χ1v) is 7.61. The predicted molar refractivity (Wildman–Crippen MR) is 88.5 cm³/mol. The second-order valence-corrected chi connectivity index (χ2v) is 5.55. The summed E-state index contributed by atoms with van der Waals surface area (Å²) in [4.78, 5) is 16.6. The highest BCUT2D eigenvalue weighted by Gasteiger charge is 2.38. The van der Waals surface area contributed by atoms with Gasteiger partial charge in [0, 0.05) is 6.20 Å². The molecule has 0 aliphatic heterocycles. The number of aryl methyl sites for hydroxylation is 1. The molecule has 26 heavy (non-hydrogen) atoms. The number of hydrogen-bond donors (Lipinski definition) is 0. The molecule has 0 saturated carbocycles. The van der Waals surface area contributed by atoms with Crippen molar-refractivity contribution in [2.24, 2.45) is 0 Å². The summed E-state index contributed by atoms with van der Waals surface area (Å²) in [6.07, 6.45) is -3.89. The van der Waals surface area contributed by atoms with Crippen molar-refractivity contribution in [3.05, 3.63) is 45.7 Å². The summed E-state index contributed by atoms with van der Waals surface area (Å²) in [5, 5.41) is -0.555. The van der Waals surface area contributed by atoms with E-state index in [0.717, 1.165) is 6.20 Å². The molecule has 2 rings (SSSR count). The Morgan fingerprint density at radius 2 is 1.69 bits per heavy atom. The Morgan fingerprint density at radius 3 is 2.19 bits per heavy atom. The molecule has 1 aromatic heterocycles. The van der Waals surface area contributed by atoms with E-state index in [1.807, 2.05) is 0 Å². The molecule has 0 aliphatic rings. The molecule has 5 nitrogen and oxygen atoms in total. The SMILES string of the molecule is COc1cc(C)c(C(=O)c2c(C(F)(F)F)ccnc2Cl)c(OC)c1OC. The van der Waals surface area contributed by atoms with Crippen LogP contribution in [0.5, 0.6) is 17.2 Å². The van der Waals surface area contributed by atoms with Crippen molar-refractivity contribution in [1.82, 2.24) is 4.98 Å². The van der Waals surface area contributed by atoms with Gasteiger partial charge in [-0.3, -0.25) is 4.79 Å². The fraction of sp³-hybridized carbons (Fsp3) is 0.294. The average Bonchev–Trinajstić information content (AvgIpc) is 2.58. The van der Waals surface area contributed by atoms with Crippen LogP contribution in [-0.4, -0.2) is 32.1 Å². The van der Waals surface area contributed by atoms with E-state index in [4.69, 9.17) is 25.8 Å². The Balaban J connectivity index is 2.81. The van der Waals surface area contributed by atoms with E-state index in [1.165, 1.54) is 34.3 Å². The summed E-state index contributed by atoms with van der Waals surface area (Å²) in [5.41, 5.74) is -1.72. The summed E-state index contributed by atoms with van der Waals surface area (Å²) >= 11 is 5.83. The van der Waals surface area contributed by atoms with Crippen LogP contribution in [0.1, 0.15) is 27.0 Å². The van der Waals surface area contributed by atoms with Crippen LogP contribution in [0.3, 0.4) is 0 Å². The zero-order valence-electron chi connectivity index (χ0n) is 14.3. The molecule has 0 unspecified atom stereocenters. The van der Waals surface area contributed by atoms with Gasteiger partial charge in [-0.25, -0.2) is 4.98 Å². The highest BCUT2D eigenvalue weighted by atomic mass is 35.5. The highest BCUT2D eigenvalue weighted by Crippen LogP contribution is 2.44. The lowest BCUT2D eigenvalue weighted by Gasteiger charge is -2.19. The van der Waals surface area contributed by atoms with Gasteiger partial charge in [-0.05, 0) is 24.6 Å². The van der Waals surface area contributed by atoms with Crippen LogP contribution < -0.4 is 14.2 Å². The Kier molecular flexibility index (Phi) is 5.65. The second kappa shape index (κ2) is 7.41. The number of ether oxygens (including phenoxy) is 3. The van der Waals surface area contributed by atoms with Gasteiger partial charge in [0.05, 0.1) is 38.0 Å². The third-order valence-electron chi connectivity index (χ3n) is 3.69. The number of ketones is 1. The maximum absolute atomic E-state index is 13.3. The van der Waals surface area contributed by atoms with E-state index in [2.05, 4.69) is 4.98 Å². The molecule has 0 saturated heterocycles. The van der Waals surface area contributed by atoms with Crippen molar-refractivity contribution in [2.75, 3.05) is 21.3 Å². The third-order valence-corrected chi connectivity index (χ3v) is 3.98. The lowest BCUT2D eigenvalue weighted by atomic mass is 9.95. The standard InChI is InChI=1S/C17H15ClF3NO4/c1-8-7-10(24-2)14(25-3)15(26-4)11(8)13(23)12-9(17(19,20)21)5-6-22-16(12)18/h5-7H,1-4H3. The van der Waals surface area contributed by atoms with Gasteiger partial charge >= 0.3 is 6.18 Å². The molecule has 0 amide bonds. The van der Waals surface area contributed by atoms with Gasteiger partial charge in [-0.2, -0.15) is 13.2 Å². The second-order valence-electron chi connectivity index (χ2n) is 5.19. The number of methoxy groups -OCH3 is 3. The number of alkyl halides is 3. The number of nitrogens with zero attached hydrogens (tertiary/aromatic N) is 1. The molecule has 0 N–H and O–H groups in total. The Labute approximate surface area is 152 Å². The van der Waals surface area contributed by atoms with Crippen LogP contribution in [0.15, 0.2) is 18.3 Å². The minimum absolute atomic E-state index is 0.0533. The maximum atomic E-state index is 13.3. The lowest BCUT2D eigenvalue weighted by molar-refractivity contribution is -0.137. The maximum Gasteiger partial charge on any atom is 0.417 e. The van der Waals surface area contributed by atoms with Crippen molar-refractivity contribution < 1.29 is 32.2 Å². The number of pyridine rings is 1. The minimum atomic E-state index is -4.78. The number of aromatic nitrogens is 1. The molecule has 0 bridgehead atoms. The number of rotatable bonds is 5. The zero-order chi connectivity index (χ0) is 19.6. The molecule has 0 fully saturated rings. The number of carbonyl (C=O) groups is 1. The van der Waals surface area contributed by atoms with Crippen LogP contribution in [-0.2, 0) is 6.18 Å². The van der Waals surface area contributed by atoms with E-state index in [-0.39, 0.29) is 22.8 Å². The quantitative estimate of drug-likeness (QED) is 0.563. The van der Waals surface area contributed by atoms with Crippen molar-refractivity contribution in [2.45, 2.75) is 13.1 Å². The number of halogens is 4. The van der Waals surface area contributed by atoms with E-state index in [1.54, 1.807) is 0 Å². The van der Waals surface area contributed by atoms with Crippen molar-refractivity contribution in [3.63, 3.8) is 0 Å². The smallest absolute Gasteiger partial charge is 0.417 e. The topological polar surface area (TPSA) is 57.7 Å². The van der Waals surface area contributed by atoms with Crippen molar-refractivity contribution in [3.8, 4) is 17.2 Å². The van der Waals surface area contributed by atoms with E-state index < -0.39 is 28.2 Å². The number of carbonyl (C=O) groups excluding carboxylic acids is 1. The van der Waals surface area contributed by atoms with Gasteiger partial charge < -0.3 is 14.2 Å². The molecule has 2 aromatic rings. The molecule has 9 heteroatoms. The summed E-state index contributed by atoms with van der Waals surface area (Å²) in [6, 6.07) is 2.16. The number of benzene rings is 1. The lowest BCUT2D eigenvalue weighted by Crippen LogP contribution is -2.17. The fourth-order valence-electron chi connectivity index (χ4n) is 2.57. The normalized spacial score (nSPS) is 11.2. The zero-order valence-corrected chi connectivity index (χ0v) is 15.1. The fourth-order valence-corrected chi connectivity index (χ4v) is 2.82. The molecule has 0 aliphatic carbocycles. The summed E-state index contributed by atoms with van der Waals surface area (Å²) in [5.74, 6) is -0.683. The van der Waals surface area contributed by atoms with Gasteiger partial charge in [0.15, 0.2) is 11.5 Å². The number of hydrogen-bond acceptors (Lipinski definition) is 5. The Bertz CT molecular complexity index is 853. The first-order valence-electron chi connectivity index (χ1n) is 7.23. The van der Waals surface area contributed by atoms with Gasteiger partial charge in [0.2, 0.25) is 11.5 Å². The van der Waals surface area contributed by atoms with Gasteiger partial charge in [0.25, 0.3) is 0 Å². The Morgan fingerprint density at radius 1 is 1.08 bits per heavy atom. The summed E-state index contributed by atoms with van der Waals surface area (Å²) in [6.45, 7) is 1.54. The van der Waals surface area contributed by atoms with Gasteiger partial charge in [-0.15, -0.1) is 0 Å². The summed E-state index contributed by atoms with van der Waals surface area (Å²) in [7, 11) is 3.98. The van der Waals surface area contributed by atoms with E-state index in [9.17, 15) is 18.0 Å². The monoisotopic (exact) mass is 389 g/mol. The first kappa shape index (κ1) is 19.8. The molecule has 0 radical (unpaired) electrons. The molecule has 1 aromatic carbocycles. The van der Waals surface area contributed by atoms with E-state index in [0.29, 0.717) is 11.6 Å².